The van der Waals surface area contributed by atoms with Crippen LogP contribution in [-0.2, 0) is 4.79 Å². The van der Waals surface area contributed by atoms with E-state index in [2.05, 4.69) is 0 Å². The van der Waals surface area contributed by atoms with Crippen molar-refractivity contribution in [2.75, 3.05) is 12.3 Å². The summed E-state index contributed by atoms with van der Waals surface area (Å²) >= 11 is 13.9. The molecule has 0 aromatic heterocycles. The molecule has 1 saturated heterocycles. The summed E-state index contributed by atoms with van der Waals surface area (Å²) in [5, 5.41) is 1.34. The lowest BCUT2D eigenvalue weighted by molar-refractivity contribution is -0.126. The average molecular weight is 364 g/mol. The fraction of sp³-hybridized carbons (Fsp3) is 0.167. The van der Waals surface area contributed by atoms with Crippen molar-refractivity contribution in [1.82, 2.24) is 4.90 Å². The predicted octanol–water partition coefficient (Wildman–Crippen LogP) is 5.28. The minimum absolute atomic E-state index is 0.0112. The van der Waals surface area contributed by atoms with Crippen molar-refractivity contribution >= 4 is 46.9 Å². The number of hydrogen-bond acceptors (Lipinski definition) is 2. The molecule has 5 heteroatoms. The first-order chi connectivity index (χ1) is 11.1. The van der Waals surface area contributed by atoms with E-state index < -0.39 is 0 Å². The first kappa shape index (κ1) is 16.4. The quantitative estimate of drug-likeness (QED) is 0.691. The number of rotatable bonds is 3. The van der Waals surface area contributed by atoms with E-state index in [0.29, 0.717) is 10.0 Å². The number of carbonyl (C=O) groups excluding carboxylic acids is 1. The Morgan fingerprint density at radius 3 is 2.78 bits per heavy atom. The van der Waals surface area contributed by atoms with Gasteiger partial charge in [-0.25, -0.2) is 0 Å². The Hall–Kier alpha value is -1.42. The zero-order valence-corrected chi connectivity index (χ0v) is 14.6. The monoisotopic (exact) mass is 363 g/mol. The molecule has 1 atom stereocenters. The van der Waals surface area contributed by atoms with Crippen molar-refractivity contribution in [1.29, 1.82) is 0 Å². The third-order valence-electron chi connectivity index (χ3n) is 3.62. The van der Waals surface area contributed by atoms with Gasteiger partial charge in [0, 0.05) is 28.4 Å². The van der Waals surface area contributed by atoms with E-state index >= 15 is 0 Å². The van der Waals surface area contributed by atoms with Gasteiger partial charge >= 0.3 is 0 Å². The predicted molar refractivity (Wildman–Crippen MR) is 98.9 cm³/mol. The van der Waals surface area contributed by atoms with Crippen LogP contribution in [0.1, 0.15) is 16.5 Å². The number of nitrogens with zero attached hydrogens (tertiary/aromatic N) is 1. The normalized spacial score (nSPS) is 17.8. The third kappa shape index (κ3) is 3.92. The van der Waals surface area contributed by atoms with Gasteiger partial charge in [0.15, 0.2) is 0 Å². The lowest BCUT2D eigenvalue weighted by Gasteiger charge is -2.23. The highest BCUT2D eigenvalue weighted by Crippen LogP contribution is 2.38. The van der Waals surface area contributed by atoms with Crippen LogP contribution in [0.25, 0.3) is 6.08 Å². The Kier molecular flexibility index (Phi) is 5.31. The van der Waals surface area contributed by atoms with E-state index in [9.17, 15) is 4.79 Å². The molecule has 1 aliphatic heterocycles. The molecule has 2 nitrogen and oxygen atoms in total. The van der Waals surface area contributed by atoms with Gasteiger partial charge in [-0.05, 0) is 35.4 Å². The van der Waals surface area contributed by atoms with Gasteiger partial charge in [-0.15, -0.1) is 11.8 Å². The average Bonchev–Trinajstić information content (AvgIpc) is 3.03. The molecule has 1 fully saturated rings. The second kappa shape index (κ2) is 7.43. The Balaban J connectivity index is 1.77. The second-order valence-electron chi connectivity index (χ2n) is 5.16. The summed E-state index contributed by atoms with van der Waals surface area (Å²) in [4.78, 5) is 14.4. The first-order valence-electron chi connectivity index (χ1n) is 7.25. The maximum atomic E-state index is 12.5. The van der Waals surface area contributed by atoms with Crippen LogP contribution in [-0.4, -0.2) is 23.1 Å². The topological polar surface area (TPSA) is 20.3 Å². The van der Waals surface area contributed by atoms with Crippen LogP contribution in [0.2, 0.25) is 10.0 Å². The lowest BCUT2D eigenvalue weighted by atomic mass is 10.2. The zero-order chi connectivity index (χ0) is 16.2. The van der Waals surface area contributed by atoms with Gasteiger partial charge in [0.2, 0.25) is 5.91 Å². The summed E-state index contributed by atoms with van der Waals surface area (Å²) in [7, 11) is 0. The molecule has 118 valence electrons. The van der Waals surface area contributed by atoms with Crippen LogP contribution in [0.3, 0.4) is 0 Å². The molecule has 1 amide bonds. The molecule has 0 saturated carbocycles. The van der Waals surface area contributed by atoms with Crippen molar-refractivity contribution in [3.05, 3.63) is 75.8 Å². The molecule has 0 aliphatic carbocycles. The molecular formula is C18H15Cl2NOS. The number of halogens is 2. The van der Waals surface area contributed by atoms with Crippen LogP contribution in [0.5, 0.6) is 0 Å². The summed E-state index contributed by atoms with van der Waals surface area (Å²) in [6.45, 7) is 0.730. The van der Waals surface area contributed by atoms with E-state index in [4.69, 9.17) is 23.2 Å². The molecule has 1 heterocycles. The number of carbonyl (C=O) groups is 1. The van der Waals surface area contributed by atoms with Crippen LogP contribution < -0.4 is 0 Å². The standard InChI is InChI=1S/C18H15Cl2NOS/c19-15-6-3-5-14(12-15)18-21(10-11-23-18)17(22)9-8-13-4-1-2-7-16(13)20/h1-9,12,18H,10-11H2/b9-8+. The fourth-order valence-electron chi connectivity index (χ4n) is 2.50. The smallest absolute Gasteiger partial charge is 0.247 e. The lowest BCUT2D eigenvalue weighted by Crippen LogP contribution is -2.28. The Morgan fingerprint density at radius 1 is 1.17 bits per heavy atom. The number of amides is 1. The minimum atomic E-state index is -0.0140. The Bertz CT molecular complexity index is 747. The van der Waals surface area contributed by atoms with Crippen molar-refractivity contribution < 1.29 is 4.79 Å². The van der Waals surface area contributed by atoms with Gasteiger partial charge in [-0.3, -0.25) is 4.79 Å². The molecule has 2 aromatic carbocycles. The highest BCUT2D eigenvalue weighted by molar-refractivity contribution is 7.99. The zero-order valence-electron chi connectivity index (χ0n) is 12.3. The maximum absolute atomic E-state index is 12.5. The second-order valence-corrected chi connectivity index (χ2v) is 7.20. The summed E-state index contributed by atoms with van der Waals surface area (Å²) < 4.78 is 0. The number of benzene rings is 2. The van der Waals surface area contributed by atoms with Crippen LogP contribution in [0.4, 0.5) is 0 Å². The highest BCUT2D eigenvalue weighted by Gasteiger charge is 2.29. The number of hydrogen-bond donors (Lipinski definition) is 0. The third-order valence-corrected chi connectivity index (χ3v) is 5.46. The Labute approximate surface area is 150 Å². The van der Waals surface area contributed by atoms with Gasteiger partial charge in [0.1, 0.15) is 5.37 Å². The fourth-order valence-corrected chi connectivity index (χ4v) is 4.15. The van der Waals surface area contributed by atoms with Crippen LogP contribution in [0, 0.1) is 0 Å². The summed E-state index contributed by atoms with van der Waals surface area (Å²) in [5.41, 5.74) is 1.90. The molecule has 3 rings (SSSR count). The van der Waals surface area contributed by atoms with Gasteiger partial charge in [0.25, 0.3) is 0 Å². The molecule has 0 bridgehead atoms. The molecular weight excluding hydrogens is 349 g/mol. The van der Waals surface area contributed by atoms with Crippen molar-refractivity contribution in [2.45, 2.75) is 5.37 Å². The van der Waals surface area contributed by atoms with Gasteiger partial charge in [-0.1, -0.05) is 53.5 Å². The van der Waals surface area contributed by atoms with Gasteiger partial charge in [-0.2, -0.15) is 0 Å². The number of thioether (sulfide) groups is 1. The molecule has 23 heavy (non-hydrogen) atoms. The van der Waals surface area contributed by atoms with Crippen LogP contribution in [0.15, 0.2) is 54.6 Å². The van der Waals surface area contributed by atoms with Crippen molar-refractivity contribution in [2.24, 2.45) is 0 Å². The van der Waals surface area contributed by atoms with E-state index in [1.807, 2.05) is 53.4 Å². The van der Waals surface area contributed by atoms with E-state index in [0.717, 1.165) is 23.4 Å². The molecule has 1 aliphatic rings. The largest absolute Gasteiger partial charge is 0.322 e. The Morgan fingerprint density at radius 2 is 2.00 bits per heavy atom. The summed E-state index contributed by atoms with van der Waals surface area (Å²) in [5.74, 6) is 0.906. The van der Waals surface area contributed by atoms with E-state index in [1.54, 1.807) is 23.9 Å². The van der Waals surface area contributed by atoms with E-state index in [-0.39, 0.29) is 11.3 Å². The van der Waals surface area contributed by atoms with Gasteiger partial charge < -0.3 is 4.90 Å². The molecule has 0 radical (unpaired) electrons. The molecule has 0 N–H and O–H groups in total. The minimum Gasteiger partial charge on any atom is -0.322 e. The summed E-state index contributed by atoms with van der Waals surface area (Å²) in [6, 6.07) is 15.2. The molecule has 1 unspecified atom stereocenters. The van der Waals surface area contributed by atoms with Crippen molar-refractivity contribution in [3.8, 4) is 0 Å². The molecule has 0 spiro atoms. The highest BCUT2D eigenvalue weighted by atomic mass is 35.5. The van der Waals surface area contributed by atoms with Crippen LogP contribution >= 0.6 is 35.0 Å². The first-order valence-corrected chi connectivity index (χ1v) is 9.06. The maximum Gasteiger partial charge on any atom is 0.247 e. The van der Waals surface area contributed by atoms with E-state index in [1.165, 1.54) is 0 Å². The summed E-state index contributed by atoms with van der Waals surface area (Å²) in [6.07, 6.45) is 3.35. The van der Waals surface area contributed by atoms with Gasteiger partial charge in [0.05, 0.1) is 0 Å². The van der Waals surface area contributed by atoms with Crippen molar-refractivity contribution in [3.63, 3.8) is 0 Å². The molecule has 2 aromatic rings. The SMILES string of the molecule is O=C(/C=C/c1ccccc1Cl)N1CCSC1c1cccc(Cl)c1.